The maximum absolute atomic E-state index is 12.5. The molecule has 0 saturated heterocycles. The molecule has 0 unspecified atom stereocenters. The molecule has 140 valence electrons. The van der Waals surface area contributed by atoms with Crippen LogP contribution in [0.5, 0.6) is 11.5 Å². The zero-order valence-corrected chi connectivity index (χ0v) is 16.9. The summed E-state index contributed by atoms with van der Waals surface area (Å²) in [6, 6.07) is 10.5. The molecule has 1 heterocycles. The number of rotatable bonds is 6. The summed E-state index contributed by atoms with van der Waals surface area (Å²) in [7, 11) is 3.09. The minimum absolute atomic E-state index is 0.310. The maximum Gasteiger partial charge on any atom is 0.275 e. The van der Waals surface area contributed by atoms with Crippen molar-refractivity contribution in [1.82, 2.24) is 4.98 Å². The van der Waals surface area contributed by atoms with E-state index < -0.39 is 0 Å². The Balaban J connectivity index is 1.74. The van der Waals surface area contributed by atoms with E-state index in [-0.39, 0.29) is 5.91 Å². The Morgan fingerprint density at radius 1 is 1.11 bits per heavy atom. The van der Waals surface area contributed by atoms with Gasteiger partial charge in [-0.25, -0.2) is 4.98 Å². The van der Waals surface area contributed by atoms with E-state index in [0.717, 1.165) is 10.6 Å². The van der Waals surface area contributed by atoms with Crippen LogP contribution < -0.4 is 14.8 Å². The molecule has 0 saturated carbocycles. The first kappa shape index (κ1) is 19.5. The van der Waals surface area contributed by atoms with Gasteiger partial charge in [-0.05, 0) is 29.8 Å². The number of thiazole rings is 1. The molecule has 0 fully saturated rings. The number of carbonyl (C=O) groups excluding carboxylic acids is 1. The third kappa shape index (κ3) is 4.53. The van der Waals surface area contributed by atoms with Crippen molar-refractivity contribution in [3.05, 3.63) is 68.1 Å². The molecule has 0 aliphatic heterocycles. The van der Waals surface area contributed by atoms with Crippen LogP contribution >= 0.6 is 34.5 Å². The molecular formula is C19H16Cl2N2O3S. The normalized spacial score (nSPS) is 10.5. The third-order valence-electron chi connectivity index (χ3n) is 3.82. The molecule has 0 aliphatic rings. The summed E-state index contributed by atoms with van der Waals surface area (Å²) in [6.45, 7) is 0. The van der Waals surface area contributed by atoms with Crippen molar-refractivity contribution in [3.63, 3.8) is 0 Å². The van der Waals surface area contributed by atoms with Crippen molar-refractivity contribution in [2.24, 2.45) is 0 Å². The van der Waals surface area contributed by atoms with Crippen LogP contribution in [0, 0.1) is 0 Å². The van der Waals surface area contributed by atoms with Gasteiger partial charge in [0, 0.05) is 33.6 Å². The summed E-state index contributed by atoms with van der Waals surface area (Å²) >= 11 is 13.8. The number of methoxy groups -OCH3 is 2. The van der Waals surface area contributed by atoms with E-state index in [4.69, 9.17) is 32.7 Å². The van der Waals surface area contributed by atoms with Crippen molar-refractivity contribution < 1.29 is 14.3 Å². The summed E-state index contributed by atoms with van der Waals surface area (Å²) < 4.78 is 10.4. The van der Waals surface area contributed by atoms with E-state index in [2.05, 4.69) is 10.3 Å². The molecule has 3 aromatic rings. The topological polar surface area (TPSA) is 60.5 Å². The molecule has 8 heteroatoms. The van der Waals surface area contributed by atoms with Crippen LogP contribution in [0.4, 0.5) is 5.69 Å². The standard InChI is InChI=1S/C19H16Cl2N2O3S/c1-25-16-7-6-11(8-17(16)26-2)22-19(24)15-10-27-18(23-15)9-12-13(20)4-3-5-14(12)21/h3-8,10H,9H2,1-2H3,(H,22,24). The highest BCUT2D eigenvalue weighted by Crippen LogP contribution is 2.30. The minimum atomic E-state index is -0.310. The fourth-order valence-electron chi connectivity index (χ4n) is 2.46. The summed E-state index contributed by atoms with van der Waals surface area (Å²) in [5, 5.41) is 6.41. The summed E-state index contributed by atoms with van der Waals surface area (Å²) in [5.41, 5.74) is 1.70. The maximum atomic E-state index is 12.5. The lowest BCUT2D eigenvalue weighted by atomic mass is 10.1. The van der Waals surface area contributed by atoms with Crippen molar-refractivity contribution in [2.45, 2.75) is 6.42 Å². The highest BCUT2D eigenvalue weighted by Gasteiger charge is 2.15. The van der Waals surface area contributed by atoms with Gasteiger partial charge in [0.25, 0.3) is 5.91 Å². The highest BCUT2D eigenvalue weighted by atomic mass is 35.5. The van der Waals surface area contributed by atoms with Crippen LogP contribution in [0.15, 0.2) is 41.8 Å². The monoisotopic (exact) mass is 422 g/mol. The Morgan fingerprint density at radius 2 is 1.81 bits per heavy atom. The molecule has 1 aromatic heterocycles. The number of amides is 1. The molecule has 0 aliphatic carbocycles. The number of hydrogen-bond donors (Lipinski definition) is 1. The second kappa shape index (κ2) is 8.61. The molecule has 27 heavy (non-hydrogen) atoms. The van der Waals surface area contributed by atoms with Crippen molar-refractivity contribution in [1.29, 1.82) is 0 Å². The Hall–Kier alpha value is -2.28. The predicted molar refractivity (Wildman–Crippen MR) is 109 cm³/mol. The Labute approximate surface area is 170 Å². The average Bonchev–Trinajstić information content (AvgIpc) is 3.13. The van der Waals surface area contributed by atoms with Crippen LogP contribution in [0.2, 0.25) is 10.0 Å². The van der Waals surface area contributed by atoms with Crippen LogP contribution in [-0.2, 0) is 6.42 Å². The Kier molecular flexibility index (Phi) is 6.21. The number of anilines is 1. The van der Waals surface area contributed by atoms with Crippen LogP contribution in [-0.4, -0.2) is 25.1 Å². The number of halogens is 2. The summed E-state index contributed by atoms with van der Waals surface area (Å²) in [6.07, 6.45) is 0.465. The van der Waals surface area contributed by atoms with Crippen LogP contribution in [0.3, 0.4) is 0 Å². The number of nitrogens with one attached hydrogen (secondary N) is 1. The predicted octanol–water partition coefficient (Wildman–Crippen LogP) is 5.31. The molecule has 1 N–H and O–H groups in total. The summed E-state index contributed by atoms with van der Waals surface area (Å²) in [5.74, 6) is 0.806. The smallest absolute Gasteiger partial charge is 0.275 e. The van der Waals surface area contributed by atoms with Gasteiger partial charge in [0.05, 0.1) is 19.2 Å². The van der Waals surface area contributed by atoms with E-state index in [1.54, 1.807) is 48.9 Å². The lowest BCUT2D eigenvalue weighted by Gasteiger charge is -2.10. The molecule has 3 rings (SSSR count). The fraction of sp³-hybridized carbons (Fsp3) is 0.158. The first-order valence-electron chi connectivity index (χ1n) is 7.92. The van der Waals surface area contributed by atoms with Gasteiger partial charge in [-0.2, -0.15) is 0 Å². The molecule has 0 atom stereocenters. The lowest BCUT2D eigenvalue weighted by Crippen LogP contribution is -2.12. The van der Waals surface area contributed by atoms with Crippen molar-refractivity contribution in [2.75, 3.05) is 19.5 Å². The number of carbonyl (C=O) groups is 1. The van der Waals surface area contributed by atoms with E-state index in [1.807, 2.05) is 0 Å². The van der Waals surface area contributed by atoms with Crippen molar-refractivity contribution >= 4 is 46.1 Å². The van der Waals surface area contributed by atoms with Gasteiger partial charge in [0.1, 0.15) is 5.69 Å². The Morgan fingerprint density at radius 3 is 2.48 bits per heavy atom. The van der Waals surface area contributed by atoms with E-state index >= 15 is 0 Å². The van der Waals surface area contributed by atoms with Gasteiger partial charge < -0.3 is 14.8 Å². The van der Waals surface area contributed by atoms with E-state index in [0.29, 0.717) is 39.3 Å². The molecule has 0 spiro atoms. The molecular weight excluding hydrogens is 407 g/mol. The first-order valence-corrected chi connectivity index (χ1v) is 9.56. The second-order valence-corrected chi connectivity index (χ2v) is 7.28. The van der Waals surface area contributed by atoms with Crippen LogP contribution in [0.25, 0.3) is 0 Å². The molecule has 5 nitrogen and oxygen atoms in total. The number of hydrogen-bond acceptors (Lipinski definition) is 5. The van der Waals surface area contributed by atoms with Gasteiger partial charge in [0.15, 0.2) is 11.5 Å². The second-order valence-electron chi connectivity index (χ2n) is 5.53. The molecule has 2 aromatic carbocycles. The third-order valence-corrected chi connectivity index (χ3v) is 5.37. The van der Waals surface area contributed by atoms with Gasteiger partial charge in [-0.3, -0.25) is 4.79 Å². The number of aromatic nitrogens is 1. The SMILES string of the molecule is COc1ccc(NC(=O)c2csc(Cc3c(Cl)cccc3Cl)n2)cc1OC. The van der Waals surface area contributed by atoms with Gasteiger partial charge in [-0.15, -0.1) is 11.3 Å². The average molecular weight is 423 g/mol. The quantitative estimate of drug-likeness (QED) is 0.584. The molecule has 0 radical (unpaired) electrons. The van der Waals surface area contributed by atoms with Crippen molar-refractivity contribution in [3.8, 4) is 11.5 Å². The number of benzene rings is 2. The first-order chi connectivity index (χ1) is 13.0. The number of nitrogens with zero attached hydrogens (tertiary/aromatic N) is 1. The van der Waals surface area contributed by atoms with Gasteiger partial charge in [0.2, 0.25) is 0 Å². The minimum Gasteiger partial charge on any atom is -0.493 e. The largest absolute Gasteiger partial charge is 0.493 e. The summed E-state index contributed by atoms with van der Waals surface area (Å²) in [4.78, 5) is 16.9. The lowest BCUT2D eigenvalue weighted by molar-refractivity contribution is 0.102. The van der Waals surface area contributed by atoms with Gasteiger partial charge in [-0.1, -0.05) is 29.3 Å². The highest BCUT2D eigenvalue weighted by molar-refractivity contribution is 7.09. The molecule has 1 amide bonds. The molecule has 0 bridgehead atoms. The number of ether oxygens (including phenoxy) is 2. The van der Waals surface area contributed by atoms with E-state index in [9.17, 15) is 4.79 Å². The van der Waals surface area contributed by atoms with Crippen LogP contribution in [0.1, 0.15) is 21.1 Å². The Bertz CT molecular complexity index is 955. The zero-order chi connectivity index (χ0) is 19.4. The van der Waals surface area contributed by atoms with E-state index in [1.165, 1.54) is 18.4 Å². The zero-order valence-electron chi connectivity index (χ0n) is 14.6. The van der Waals surface area contributed by atoms with Gasteiger partial charge >= 0.3 is 0 Å². The fourth-order valence-corrected chi connectivity index (χ4v) is 3.78.